The molecule has 0 aliphatic carbocycles. The van der Waals surface area contributed by atoms with Crippen molar-refractivity contribution < 1.29 is 22.0 Å². The van der Waals surface area contributed by atoms with Crippen LogP contribution < -0.4 is 5.32 Å². The van der Waals surface area contributed by atoms with Crippen LogP contribution in [0.4, 0.5) is 20.3 Å². The van der Waals surface area contributed by atoms with Gasteiger partial charge in [0.2, 0.25) is 0 Å². The van der Waals surface area contributed by atoms with Crippen LogP contribution in [-0.4, -0.2) is 48.3 Å². The van der Waals surface area contributed by atoms with Crippen molar-refractivity contribution in [1.82, 2.24) is 9.88 Å². The van der Waals surface area contributed by atoms with Gasteiger partial charge in [-0.2, -0.15) is 0 Å². The standard InChI is InChI=1S/C18H19F2N3O3S/c1-2-23(13-7-9-27(25,26)11-13)18(24)12-6-8-21-16(10-12)22-17-14(19)4-3-5-15(17)20/h3-6,8,10,13H,2,7,9,11H2,1H3,(H,21,22). The molecular weight excluding hydrogens is 376 g/mol. The van der Waals surface area contributed by atoms with E-state index in [-0.39, 0.29) is 40.5 Å². The maximum absolute atomic E-state index is 13.8. The first-order chi connectivity index (χ1) is 12.8. The largest absolute Gasteiger partial charge is 0.335 e. The quantitative estimate of drug-likeness (QED) is 0.842. The van der Waals surface area contributed by atoms with Gasteiger partial charge in [-0.05, 0) is 37.6 Å². The van der Waals surface area contributed by atoms with Gasteiger partial charge in [0.25, 0.3) is 5.91 Å². The second-order valence-corrected chi connectivity index (χ2v) is 8.53. The Labute approximate surface area is 156 Å². The van der Waals surface area contributed by atoms with Crippen molar-refractivity contribution in [3.63, 3.8) is 0 Å². The number of para-hydroxylation sites is 1. The molecule has 1 amide bonds. The minimum Gasteiger partial charge on any atom is -0.335 e. The summed E-state index contributed by atoms with van der Waals surface area (Å²) in [5.74, 6) is -1.78. The predicted molar refractivity (Wildman–Crippen MR) is 97.6 cm³/mol. The Hall–Kier alpha value is -2.55. The van der Waals surface area contributed by atoms with Crippen LogP contribution in [0.15, 0.2) is 36.5 Å². The van der Waals surface area contributed by atoms with E-state index in [1.165, 1.54) is 29.3 Å². The van der Waals surface area contributed by atoms with Gasteiger partial charge in [-0.1, -0.05) is 6.07 Å². The highest BCUT2D eigenvalue weighted by molar-refractivity contribution is 7.91. The molecule has 1 atom stereocenters. The van der Waals surface area contributed by atoms with Crippen LogP contribution in [0.5, 0.6) is 0 Å². The van der Waals surface area contributed by atoms with Crippen molar-refractivity contribution >= 4 is 27.2 Å². The Bertz CT molecular complexity index is 946. The fourth-order valence-corrected chi connectivity index (χ4v) is 4.86. The molecule has 0 bridgehead atoms. The lowest BCUT2D eigenvalue weighted by atomic mass is 10.1. The molecule has 0 spiro atoms. The van der Waals surface area contributed by atoms with E-state index < -0.39 is 21.5 Å². The first kappa shape index (κ1) is 19.2. The fourth-order valence-electron chi connectivity index (χ4n) is 3.13. The zero-order valence-corrected chi connectivity index (χ0v) is 15.5. The average molecular weight is 395 g/mol. The highest BCUT2D eigenvalue weighted by atomic mass is 32.2. The molecule has 1 aliphatic heterocycles. The van der Waals surface area contributed by atoms with Crippen molar-refractivity contribution in [2.24, 2.45) is 0 Å². The zero-order chi connectivity index (χ0) is 19.6. The highest BCUT2D eigenvalue weighted by Gasteiger charge is 2.34. The summed E-state index contributed by atoms with van der Waals surface area (Å²) < 4.78 is 51.0. The second kappa shape index (κ2) is 7.59. The average Bonchev–Trinajstić information content (AvgIpc) is 2.99. The van der Waals surface area contributed by atoms with Crippen LogP contribution >= 0.6 is 0 Å². The first-order valence-corrected chi connectivity index (χ1v) is 10.3. The summed E-state index contributed by atoms with van der Waals surface area (Å²) in [6.07, 6.45) is 1.76. The van der Waals surface area contributed by atoms with Gasteiger partial charge in [0.05, 0.1) is 11.5 Å². The lowest BCUT2D eigenvalue weighted by Gasteiger charge is -2.27. The topological polar surface area (TPSA) is 79.4 Å². The van der Waals surface area contributed by atoms with Crippen LogP contribution in [-0.2, 0) is 9.84 Å². The predicted octanol–water partition coefficient (Wildman–Crippen LogP) is 2.75. The maximum atomic E-state index is 13.8. The van der Waals surface area contributed by atoms with Gasteiger partial charge in [0.15, 0.2) is 9.84 Å². The van der Waals surface area contributed by atoms with E-state index in [2.05, 4.69) is 10.3 Å². The van der Waals surface area contributed by atoms with E-state index >= 15 is 0 Å². The minimum absolute atomic E-state index is 0.0524. The number of aromatic nitrogens is 1. The van der Waals surface area contributed by atoms with Crippen molar-refractivity contribution in [3.05, 3.63) is 53.7 Å². The molecular formula is C18H19F2N3O3S. The summed E-state index contributed by atoms with van der Waals surface area (Å²) in [5, 5.41) is 2.55. The molecule has 0 radical (unpaired) electrons. The number of anilines is 2. The Balaban J connectivity index is 1.83. The van der Waals surface area contributed by atoms with Gasteiger partial charge >= 0.3 is 0 Å². The van der Waals surface area contributed by atoms with E-state index in [1.807, 2.05) is 0 Å². The van der Waals surface area contributed by atoms with E-state index in [1.54, 1.807) is 6.92 Å². The lowest BCUT2D eigenvalue weighted by Crippen LogP contribution is -2.41. The summed E-state index contributed by atoms with van der Waals surface area (Å²) in [4.78, 5) is 18.3. The van der Waals surface area contributed by atoms with Gasteiger partial charge in [-0.3, -0.25) is 4.79 Å². The fraction of sp³-hybridized carbons (Fsp3) is 0.333. The van der Waals surface area contributed by atoms with Crippen molar-refractivity contribution in [1.29, 1.82) is 0 Å². The number of nitrogens with one attached hydrogen (secondary N) is 1. The molecule has 2 aromatic rings. The number of pyridine rings is 1. The van der Waals surface area contributed by atoms with Crippen LogP contribution in [0.1, 0.15) is 23.7 Å². The number of rotatable bonds is 5. The van der Waals surface area contributed by atoms with Crippen molar-refractivity contribution in [3.8, 4) is 0 Å². The summed E-state index contributed by atoms with van der Waals surface area (Å²) in [6, 6.07) is 5.97. The number of hydrogen-bond donors (Lipinski definition) is 1. The highest BCUT2D eigenvalue weighted by Crippen LogP contribution is 2.24. The van der Waals surface area contributed by atoms with E-state index in [9.17, 15) is 22.0 Å². The molecule has 1 fully saturated rings. The SMILES string of the molecule is CCN(C(=O)c1ccnc(Nc2c(F)cccc2F)c1)C1CCS(=O)(=O)C1. The molecule has 3 rings (SSSR count). The number of sulfone groups is 1. The second-order valence-electron chi connectivity index (χ2n) is 6.30. The molecule has 6 nitrogen and oxygen atoms in total. The maximum Gasteiger partial charge on any atom is 0.254 e. The summed E-state index contributed by atoms with van der Waals surface area (Å²) in [5.41, 5.74) is -0.0979. The molecule has 1 N–H and O–H groups in total. The zero-order valence-electron chi connectivity index (χ0n) is 14.7. The summed E-state index contributed by atoms with van der Waals surface area (Å²) in [7, 11) is -3.13. The number of carbonyl (C=O) groups excluding carboxylic acids is 1. The lowest BCUT2D eigenvalue weighted by molar-refractivity contribution is 0.0708. The Morgan fingerprint density at radius 1 is 1.30 bits per heavy atom. The van der Waals surface area contributed by atoms with Crippen molar-refractivity contribution in [2.75, 3.05) is 23.4 Å². The Kier molecular flexibility index (Phi) is 5.41. The van der Waals surface area contributed by atoms with Crippen LogP contribution in [0.3, 0.4) is 0 Å². The molecule has 1 aliphatic rings. The molecule has 0 saturated carbocycles. The molecule has 144 valence electrons. The van der Waals surface area contributed by atoms with Crippen LogP contribution in [0.2, 0.25) is 0 Å². The van der Waals surface area contributed by atoms with Crippen LogP contribution in [0, 0.1) is 11.6 Å². The van der Waals surface area contributed by atoms with Gasteiger partial charge in [0, 0.05) is 24.3 Å². The van der Waals surface area contributed by atoms with E-state index in [0.29, 0.717) is 13.0 Å². The Morgan fingerprint density at radius 2 is 2.00 bits per heavy atom. The molecule has 27 heavy (non-hydrogen) atoms. The summed E-state index contributed by atoms with van der Waals surface area (Å²) in [6.45, 7) is 2.13. The Morgan fingerprint density at radius 3 is 2.59 bits per heavy atom. The number of amides is 1. The number of hydrogen-bond acceptors (Lipinski definition) is 5. The minimum atomic E-state index is -3.13. The number of carbonyl (C=O) groups is 1. The monoisotopic (exact) mass is 395 g/mol. The molecule has 1 aromatic heterocycles. The molecule has 2 heterocycles. The van der Waals surface area contributed by atoms with Gasteiger partial charge in [-0.25, -0.2) is 22.2 Å². The third-order valence-electron chi connectivity index (χ3n) is 4.47. The first-order valence-electron chi connectivity index (χ1n) is 8.49. The van der Waals surface area contributed by atoms with Gasteiger partial charge in [0.1, 0.15) is 23.1 Å². The van der Waals surface area contributed by atoms with Gasteiger partial charge in [-0.15, -0.1) is 0 Å². The third kappa shape index (κ3) is 4.24. The number of halogens is 2. The number of nitrogens with zero attached hydrogens (tertiary/aromatic N) is 2. The number of benzene rings is 1. The summed E-state index contributed by atoms with van der Waals surface area (Å²) >= 11 is 0. The molecule has 9 heteroatoms. The van der Waals surface area contributed by atoms with E-state index in [0.717, 1.165) is 12.1 Å². The van der Waals surface area contributed by atoms with Crippen molar-refractivity contribution in [2.45, 2.75) is 19.4 Å². The normalized spacial score (nSPS) is 18.3. The molecule has 1 saturated heterocycles. The molecule has 1 aromatic carbocycles. The smallest absolute Gasteiger partial charge is 0.254 e. The third-order valence-corrected chi connectivity index (χ3v) is 6.22. The van der Waals surface area contributed by atoms with Gasteiger partial charge < -0.3 is 10.2 Å². The van der Waals surface area contributed by atoms with Crippen LogP contribution in [0.25, 0.3) is 0 Å². The molecule has 1 unspecified atom stereocenters. The van der Waals surface area contributed by atoms with E-state index in [4.69, 9.17) is 0 Å².